The van der Waals surface area contributed by atoms with Gasteiger partial charge in [-0.2, -0.15) is 0 Å². The molecule has 2 N–H and O–H groups in total. The average molecular weight is 165 g/mol. The zero-order valence-corrected chi connectivity index (χ0v) is 6.71. The van der Waals surface area contributed by atoms with Gasteiger partial charge >= 0.3 is 0 Å². The minimum atomic E-state index is -0.0753. The van der Waals surface area contributed by atoms with Crippen molar-refractivity contribution < 1.29 is 0 Å². The number of nitrogens with one attached hydrogen (secondary N) is 2. The largest absolute Gasteiger partial charge is 0.313 e. The molecule has 1 aliphatic heterocycles. The first kappa shape index (κ1) is 7.49. The molecule has 0 aliphatic carbocycles. The normalized spacial score (nSPS) is 22.8. The fraction of sp³-hybridized carbons (Fsp3) is 0.500. The highest BCUT2D eigenvalue weighted by Gasteiger charge is 2.16. The van der Waals surface area contributed by atoms with Crippen LogP contribution < -0.4 is 10.9 Å². The van der Waals surface area contributed by atoms with Crippen molar-refractivity contribution in [3.8, 4) is 0 Å². The maximum Gasteiger partial charge on any atom is 0.250 e. The van der Waals surface area contributed by atoms with Crippen molar-refractivity contribution in [2.75, 3.05) is 6.54 Å². The third kappa shape index (κ3) is 1.38. The Morgan fingerprint density at radius 3 is 3.17 bits per heavy atom. The zero-order valence-electron chi connectivity index (χ0n) is 6.71. The van der Waals surface area contributed by atoms with Gasteiger partial charge in [-0.15, -0.1) is 0 Å². The van der Waals surface area contributed by atoms with Crippen molar-refractivity contribution >= 4 is 0 Å². The Bertz CT molecular complexity index is 314. The highest BCUT2D eigenvalue weighted by atomic mass is 16.1. The van der Waals surface area contributed by atoms with Crippen LogP contribution in [0.25, 0.3) is 0 Å². The Balaban J connectivity index is 2.27. The summed E-state index contributed by atoms with van der Waals surface area (Å²) in [4.78, 5) is 17.5. The number of rotatable bonds is 1. The molecule has 0 bridgehead atoms. The van der Waals surface area contributed by atoms with Gasteiger partial charge < -0.3 is 10.3 Å². The van der Waals surface area contributed by atoms with Gasteiger partial charge in [0.1, 0.15) is 0 Å². The first-order valence-electron chi connectivity index (χ1n) is 4.14. The minimum Gasteiger partial charge on any atom is -0.313 e. The molecule has 64 valence electrons. The lowest BCUT2D eigenvalue weighted by Crippen LogP contribution is -2.17. The van der Waals surface area contributed by atoms with Crippen molar-refractivity contribution in [2.24, 2.45) is 0 Å². The van der Waals surface area contributed by atoms with Gasteiger partial charge in [0.05, 0.1) is 12.0 Å². The highest BCUT2D eigenvalue weighted by molar-refractivity contribution is 5.06. The van der Waals surface area contributed by atoms with E-state index in [1.165, 1.54) is 12.7 Å². The van der Waals surface area contributed by atoms with Gasteiger partial charge in [-0.05, 0) is 19.4 Å². The lowest BCUT2D eigenvalue weighted by atomic mass is 10.1. The number of nitrogens with zero attached hydrogens (tertiary/aromatic N) is 1. The van der Waals surface area contributed by atoms with Gasteiger partial charge in [0.25, 0.3) is 5.56 Å². The molecule has 0 unspecified atom stereocenters. The molecule has 1 aromatic heterocycles. The van der Waals surface area contributed by atoms with Gasteiger partial charge in [0.15, 0.2) is 0 Å². The molecule has 4 heteroatoms. The minimum absolute atomic E-state index is 0.0753. The molecule has 4 nitrogen and oxygen atoms in total. The van der Waals surface area contributed by atoms with Crippen LogP contribution in [0.5, 0.6) is 0 Å². The van der Waals surface area contributed by atoms with E-state index in [2.05, 4.69) is 15.3 Å². The summed E-state index contributed by atoms with van der Waals surface area (Å²) in [6.07, 6.45) is 3.70. The van der Waals surface area contributed by atoms with E-state index in [0.29, 0.717) is 0 Å². The average Bonchev–Trinajstić information content (AvgIpc) is 2.56. The second-order valence-electron chi connectivity index (χ2n) is 2.98. The molecule has 0 aromatic carbocycles. The van der Waals surface area contributed by atoms with Crippen LogP contribution >= 0.6 is 0 Å². The van der Waals surface area contributed by atoms with Crippen LogP contribution in [0.2, 0.25) is 0 Å². The molecule has 2 heterocycles. The number of hydrogen-bond acceptors (Lipinski definition) is 3. The van der Waals surface area contributed by atoms with E-state index in [0.717, 1.165) is 18.7 Å². The number of H-pyrrole nitrogens is 1. The Kier molecular flexibility index (Phi) is 1.91. The molecule has 12 heavy (non-hydrogen) atoms. The third-order valence-electron chi connectivity index (χ3n) is 2.12. The van der Waals surface area contributed by atoms with Crippen LogP contribution in [0.1, 0.15) is 24.6 Å². The van der Waals surface area contributed by atoms with Gasteiger partial charge in [-0.3, -0.25) is 4.79 Å². The van der Waals surface area contributed by atoms with E-state index >= 15 is 0 Å². The molecule has 1 aliphatic rings. The molecule has 1 fully saturated rings. The Hall–Kier alpha value is -1.16. The predicted molar refractivity (Wildman–Crippen MR) is 44.8 cm³/mol. The molecule has 2 rings (SSSR count). The van der Waals surface area contributed by atoms with E-state index in [-0.39, 0.29) is 11.6 Å². The van der Waals surface area contributed by atoms with Crippen molar-refractivity contribution in [1.82, 2.24) is 15.3 Å². The van der Waals surface area contributed by atoms with Crippen molar-refractivity contribution in [3.05, 3.63) is 28.4 Å². The van der Waals surface area contributed by atoms with Crippen LogP contribution in [-0.4, -0.2) is 16.5 Å². The van der Waals surface area contributed by atoms with E-state index in [9.17, 15) is 4.79 Å². The van der Waals surface area contributed by atoms with Crippen molar-refractivity contribution in [1.29, 1.82) is 0 Å². The third-order valence-corrected chi connectivity index (χ3v) is 2.12. The maximum atomic E-state index is 10.9. The second kappa shape index (κ2) is 3.06. The van der Waals surface area contributed by atoms with E-state index in [4.69, 9.17) is 0 Å². The SMILES string of the molecule is O=c1cc([C@@H]2CCCN2)nc[nH]1. The summed E-state index contributed by atoms with van der Waals surface area (Å²) >= 11 is 0. The van der Waals surface area contributed by atoms with Gasteiger partial charge in [0, 0.05) is 12.1 Å². The Labute approximate surface area is 70.0 Å². The number of aromatic amines is 1. The molecule has 0 radical (unpaired) electrons. The lowest BCUT2D eigenvalue weighted by molar-refractivity contribution is 0.624. The van der Waals surface area contributed by atoms with E-state index in [1.54, 1.807) is 6.07 Å². The smallest absolute Gasteiger partial charge is 0.250 e. The summed E-state index contributed by atoms with van der Waals surface area (Å²) in [7, 11) is 0. The molecular formula is C8H11N3O. The summed E-state index contributed by atoms with van der Waals surface area (Å²) in [6.45, 7) is 1.03. The summed E-state index contributed by atoms with van der Waals surface area (Å²) in [5.74, 6) is 0. The fourth-order valence-electron chi connectivity index (χ4n) is 1.51. The van der Waals surface area contributed by atoms with E-state index < -0.39 is 0 Å². The molecule has 1 saturated heterocycles. The standard InChI is InChI=1S/C8H11N3O/c12-8-4-7(10-5-11-8)6-2-1-3-9-6/h4-6,9H,1-3H2,(H,10,11,12)/t6-/m0/s1. The summed E-state index contributed by atoms with van der Waals surface area (Å²) < 4.78 is 0. The topological polar surface area (TPSA) is 57.8 Å². The first-order valence-corrected chi connectivity index (χ1v) is 4.14. The summed E-state index contributed by atoms with van der Waals surface area (Å²) in [5.41, 5.74) is 0.782. The van der Waals surface area contributed by atoms with Gasteiger partial charge in [-0.25, -0.2) is 4.98 Å². The first-order chi connectivity index (χ1) is 5.86. The molecule has 0 amide bonds. The highest BCUT2D eigenvalue weighted by Crippen LogP contribution is 2.19. The molecule has 0 spiro atoms. The molecule has 0 saturated carbocycles. The molecular weight excluding hydrogens is 154 g/mol. The van der Waals surface area contributed by atoms with Gasteiger partial charge in [-0.1, -0.05) is 0 Å². The summed E-state index contributed by atoms with van der Waals surface area (Å²) in [5, 5.41) is 3.28. The van der Waals surface area contributed by atoms with Crippen molar-refractivity contribution in [2.45, 2.75) is 18.9 Å². The zero-order chi connectivity index (χ0) is 8.39. The van der Waals surface area contributed by atoms with E-state index in [1.807, 2.05) is 0 Å². The maximum absolute atomic E-state index is 10.9. The Morgan fingerprint density at radius 1 is 1.58 bits per heavy atom. The van der Waals surface area contributed by atoms with Crippen LogP contribution in [0.3, 0.4) is 0 Å². The van der Waals surface area contributed by atoms with Crippen LogP contribution in [-0.2, 0) is 0 Å². The quantitative estimate of drug-likeness (QED) is 0.624. The van der Waals surface area contributed by atoms with Gasteiger partial charge in [0.2, 0.25) is 0 Å². The van der Waals surface area contributed by atoms with Crippen molar-refractivity contribution in [3.63, 3.8) is 0 Å². The molecule has 1 aromatic rings. The number of aromatic nitrogens is 2. The van der Waals surface area contributed by atoms with Crippen LogP contribution in [0, 0.1) is 0 Å². The van der Waals surface area contributed by atoms with Crippen LogP contribution in [0.4, 0.5) is 0 Å². The lowest BCUT2D eigenvalue weighted by Gasteiger charge is -2.07. The second-order valence-corrected chi connectivity index (χ2v) is 2.98. The summed E-state index contributed by atoms with van der Waals surface area (Å²) in [6, 6.07) is 1.84. The van der Waals surface area contributed by atoms with Crippen LogP contribution in [0.15, 0.2) is 17.2 Å². The Morgan fingerprint density at radius 2 is 2.50 bits per heavy atom. The number of hydrogen-bond donors (Lipinski definition) is 2. The monoisotopic (exact) mass is 165 g/mol. The fourth-order valence-corrected chi connectivity index (χ4v) is 1.51. The molecule has 1 atom stereocenters. The predicted octanol–water partition coefficient (Wildman–Crippen LogP) is 0.194.